The fourth-order valence-electron chi connectivity index (χ4n) is 3.07. The fourth-order valence-corrected chi connectivity index (χ4v) is 3.76. The van der Waals surface area contributed by atoms with Crippen LogP contribution in [0.15, 0.2) is 40.3 Å². The number of furan rings is 1. The number of H-pyrrole nitrogens is 1. The van der Waals surface area contributed by atoms with E-state index in [0.717, 1.165) is 0 Å². The van der Waals surface area contributed by atoms with Crippen molar-refractivity contribution in [1.29, 1.82) is 0 Å². The van der Waals surface area contributed by atoms with Crippen LogP contribution in [0.1, 0.15) is 47.5 Å². The summed E-state index contributed by atoms with van der Waals surface area (Å²) in [5.41, 5.74) is 1.70. The van der Waals surface area contributed by atoms with E-state index in [1.165, 1.54) is 29.6 Å². The lowest BCUT2D eigenvalue weighted by molar-refractivity contribution is 0.0593. The zero-order valence-corrected chi connectivity index (χ0v) is 16.6. The normalized spacial score (nSPS) is 10.7. The highest BCUT2D eigenvalue weighted by Gasteiger charge is 2.26. The molecule has 0 unspecified atom stereocenters. The Kier molecular flexibility index (Phi) is 5.79. The molecule has 0 aliphatic heterocycles. The van der Waals surface area contributed by atoms with Gasteiger partial charge in [0.1, 0.15) is 11.5 Å². The van der Waals surface area contributed by atoms with Gasteiger partial charge in [-0.05, 0) is 43.0 Å². The minimum atomic E-state index is -0.540. The Morgan fingerprint density at radius 2 is 2.00 bits per heavy atom. The molecule has 3 aromatic rings. The van der Waals surface area contributed by atoms with Gasteiger partial charge in [0, 0.05) is 11.3 Å². The molecular formula is C20H20N2O5S. The van der Waals surface area contributed by atoms with E-state index in [0.29, 0.717) is 27.5 Å². The van der Waals surface area contributed by atoms with E-state index in [9.17, 15) is 14.4 Å². The van der Waals surface area contributed by atoms with E-state index < -0.39 is 5.97 Å². The SMILES string of the molecule is COC(=O)c1[nH]c(C)c(C(=O)CN(Cc2ccco2)C(=O)c2cccs2)c1C. The summed E-state index contributed by atoms with van der Waals surface area (Å²) in [6.07, 6.45) is 1.52. The number of ketones is 1. The summed E-state index contributed by atoms with van der Waals surface area (Å²) in [5.74, 6) is -0.478. The Balaban J connectivity index is 1.88. The lowest BCUT2D eigenvalue weighted by Crippen LogP contribution is -2.35. The van der Waals surface area contributed by atoms with E-state index >= 15 is 0 Å². The monoisotopic (exact) mass is 400 g/mol. The zero-order valence-electron chi connectivity index (χ0n) is 15.8. The molecule has 0 radical (unpaired) electrons. The Morgan fingerprint density at radius 1 is 1.21 bits per heavy atom. The number of methoxy groups -OCH3 is 1. The van der Waals surface area contributed by atoms with Gasteiger partial charge in [-0.25, -0.2) is 4.79 Å². The van der Waals surface area contributed by atoms with Crippen molar-refractivity contribution in [1.82, 2.24) is 9.88 Å². The van der Waals surface area contributed by atoms with Gasteiger partial charge in [-0.3, -0.25) is 9.59 Å². The van der Waals surface area contributed by atoms with Crippen LogP contribution in [-0.2, 0) is 11.3 Å². The predicted molar refractivity (Wildman–Crippen MR) is 104 cm³/mol. The van der Waals surface area contributed by atoms with Crippen molar-refractivity contribution >= 4 is 29.0 Å². The molecule has 3 aromatic heterocycles. The number of carbonyl (C=O) groups excluding carboxylic acids is 3. The molecule has 0 saturated carbocycles. The van der Waals surface area contributed by atoms with Crippen molar-refractivity contribution in [3.8, 4) is 0 Å². The van der Waals surface area contributed by atoms with Gasteiger partial charge in [0.2, 0.25) is 0 Å². The first kappa shape index (κ1) is 19.6. The number of thiophene rings is 1. The molecule has 146 valence electrons. The molecule has 0 aromatic carbocycles. The Morgan fingerprint density at radius 3 is 2.61 bits per heavy atom. The van der Waals surface area contributed by atoms with Crippen LogP contribution in [-0.4, -0.2) is 41.2 Å². The van der Waals surface area contributed by atoms with Gasteiger partial charge in [-0.1, -0.05) is 6.07 Å². The minimum Gasteiger partial charge on any atom is -0.467 e. The first-order chi connectivity index (χ1) is 13.4. The molecule has 8 heteroatoms. The first-order valence-electron chi connectivity index (χ1n) is 8.58. The van der Waals surface area contributed by atoms with Gasteiger partial charge in [-0.15, -0.1) is 11.3 Å². The van der Waals surface area contributed by atoms with E-state index in [-0.39, 0.29) is 30.5 Å². The summed E-state index contributed by atoms with van der Waals surface area (Å²) in [5, 5.41) is 1.81. The Labute approximate surface area is 165 Å². The number of Topliss-reactive ketones (excluding diaryl/α,β-unsaturated/α-hetero) is 1. The van der Waals surface area contributed by atoms with Crippen molar-refractivity contribution in [3.05, 3.63) is 69.1 Å². The van der Waals surface area contributed by atoms with Crippen LogP contribution in [0.25, 0.3) is 0 Å². The number of hydrogen-bond acceptors (Lipinski definition) is 6. The van der Waals surface area contributed by atoms with E-state index in [1.807, 2.05) is 5.38 Å². The zero-order chi connectivity index (χ0) is 20.3. The number of carbonyl (C=O) groups is 3. The highest BCUT2D eigenvalue weighted by atomic mass is 32.1. The summed E-state index contributed by atoms with van der Waals surface area (Å²) in [6, 6.07) is 6.98. The maximum absolute atomic E-state index is 13.0. The standard InChI is InChI=1S/C20H20N2O5S/c1-12-17(13(2)21-18(12)20(25)26-3)15(23)11-22(10-14-6-4-8-27-14)19(24)16-7-5-9-28-16/h4-9,21H,10-11H2,1-3H3. The third kappa shape index (κ3) is 3.91. The van der Waals surface area contributed by atoms with Crippen LogP contribution in [0.4, 0.5) is 0 Å². The van der Waals surface area contributed by atoms with Crippen LogP contribution in [0, 0.1) is 13.8 Å². The number of nitrogens with one attached hydrogen (secondary N) is 1. The highest BCUT2D eigenvalue weighted by molar-refractivity contribution is 7.12. The summed E-state index contributed by atoms with van der Waals surface area (Å²) in [6.45, 7) is 3.42. The first-order valence-corrected chi connectivity index (χ1v) is 9.46. The average Bonchev–Trinajstić information content (AvgIpc) is 3.42. The Hall–Kier alpha value is -3.13. The molecule has 0 fully saturated rings. The lowest BCUT2D eigenvalue weighted by atomic mass is 10.0. The van der Waals surface area contributed by atoms with Crippen molar-refractivity contribution < 1.29 is 23.5 Å². The predicted octanol–water partition coefficient (Wildman–Crippen LogP) is 3.60. The van der Waals surface area contributed by atoms with Crippen LogP contribution < -0.4 is 0 Å². The third-order valence-electron chi connectivity index (χ3n) is 4.39. The van der Waals surface area contributed by atoms with Crippen molar-refractivity contribution in [2.75, 3.05) is 13.7 Å². The van der Waals surface area contributed by atoms with Crippen LogP contribution in [0.5, 0.6) is 0 Å². The Bertz CT molecular complexity index is 986. The van der Waals surface area contributed by atoms with Gasteiger partial charge in [0.25, 0.3) is 5.91 Å². The van der Waals surface area contributed by atoms with Gasteiger partial charge in [-0.2, -0.15) is 0 Å². The summed E-state index contributed by atoms with van der Waals surface area (Å²) in [7, 11) is 1.28. The second-order valence-corrected chi connectivity index (χ2v) is 7.21. The molecule has 0 aliphatic rings. The quantitative estimate of drug-likeness (QED) is 0.483. The van der Waals surface area contributed by atoms with Gasteiger partial charge >= 0.3 is 5.97 Å². The topological polar surface area (TPSA) is 92.6 Å². The number of aryl methyl sites for hydroxylation is 1. The summed E-state index contributed by atoms with van der Waals surface area (Å²) >= 11 is 1.31. The number of nitrogens with zero attached hydrogens (tertiary/aromatic N) is 1. The van der Waals surface area contributed by atoms with E-state index in [1.54, 1.807) is 38.1 Å². The van der Waals surface area contributed by atoms with Gasteiger partial charge in [0.15, 0.2) is 5.78 Å². The molecular weight excluding hydrogens is 380 g/mol. The van der Waals surface area contributed by atoms with E-state index in [4.69, 9.17) is 9.15 Å². The fraction of sp³-hybridized carbons (Fsp3) is 0.250. The molecule has 0 spiro atoms. The second kappa shape index (κ2) is 8.26. The number of aromatic amines is 1. The average molecular weight is 400 g/mol. The highest BCUT2D eigenvalue weighted by Crippen LogP contribution is 2.21. The third-order valence-corrected chi connectivity index (χ3v) is 5.24. The molecule has 1 N–H and O–H groups in total. The van der Waals surface area contributed by atoms with Crippen molar-refractivity contribution in [3.63, 3.8) is 0 Å². The molecule has 7 nitrogen and oxygen atoms in total. The molecule has 0 aliphatic carbocycles. The lowest BCUT2D eigenvalue weighted by Gasteiger charge is -2.20. The molecule has 0 bridgehead atoms. The number of aromatic nitrogens is 1. The van der Waals surface area contributed by atoms with Crippen molar-refractivity contribution in [2.24, 2.45) is 0 Å². The van der Waals surface area contributed by atoms with Crippen LogP contribution in [0.2, 0.25) is 0 Å². The minimum absolute atomic E-state index is 0.141. The number of amides is 1. The van der Waals surface area contributed by atoms with Crippen LogP contribution >= 0.6 is 11.3 Å². The molecule has 3 heterocycles. The van der Waals surface area contributed by atoms with E-state index in [2.05, 4.69) is 4.98 Å². The van der Waals surface area contributed by atoms with Crippen molar-refractivity contribution in [2.45, 2.75) is 20.4 Å². The summed E-state index contributed by atoms with van der Waals surface area (Å²) < 4.78 is 10.1. The maximum atomic E-state index is 13.0. The molecule has 1 amide bonds. The van der Waals surface area contributed by atoms with Gasteiger partial charge in [0.05, 0.1) is 31.3 Å². The smallest absolute Gasteiger partial charge is 0.354 e. The molecule has 3 rings (SSSR count). The van der Waals surface area contributed by atoms with Gasteiger partial charge < -0.3 is 19.0 Å². The number of esters is 1. The second-order valence-electron chi connectivity index (χ2n) is 6.26. The molecule has 28 heavy (non-hydrogen) atoms. The number of hydrogen-bond donors (Lipinski definition) is 1. The largest absolute Gasteiger partial charge is 0.467 e. The maximum Gasteiger partial charge on any atom is 0.354 e. The number of rotatable bonds is 7. The molecule has 0 atom stereocenters. The molecule has 0 saturated heterocycles. The van der Waals surface area contributed by atoms with Crippen LogP contribution in [0.3, 0.4) is 0 Å². The summed E-state index contributed by atoms with van der Waals surface area (Å²) in [4.78, 5) is 42.7. The number of ether oxygens (including phenoxy) is 1.